The predicted molar refractivity (Wildman–Crippen MR) is 103 cm³/mol. The van der Waals surface area contributed by atoms with Crippen molar-refractivity contribution < 1.29 is 13.2 Å². The lowest BCUT2D eigenvalue weighted by Crippen LogP contribution is -2.42. The SMILES string of the molecule is CC1CCCN(S(=O)(=O)c2cc(C(=O)N3CCCCC3C)ccc2Cl)C1. The van der Waals surface area contributed by atoms with Crippen molar-refractivity contribution in [2.45, 2.75) is 56.9 Å². The molecule has 1 aromatic rings. The quantitative estimate of drug-likeness (QED) is 0.778. The van der Waals surface area contributed by atoms with Crippen LogP contribution in [0.2, 0.25) is 5.02 Å². The van der Waals surface area contributed by atoms with Crippen molar-refractivity contribution in [2.24, 2.45) is 5.92 Å². The van der Waals surface area contributed by atoms with Gasteiger partial charge >= 0.3 is 0 Å². The number of amides is 1. The standard InChI is InChI=1S/C19H27ClN2O3S/c1-14-6-5-10-21(13-14)26(24,25)18-12-16(8-9-17(18)20)19(23)22-11-4-3-7-15(22)2/h8-9,12,14-15H,3-7,10-11,13H2,1-2H3. The second-order valence-electron chi connectivity index (χ2n) is 7.60. The minimum atomic E-state index is -3.70. The molecule has 2 fully saturated rings. The largest absolute Gasteiger partial charge is 0.336 e. The van der Waals surface area contributed by atoms with Gasteiger partial charge in [0.1, 0.15) is 4.90 Å². The van der Waals surface area contributed by atoms with Gasteiger partial charge in [0.05, 0.1) is 5.02 Å². The zero-order chi connectivity index (χ0) is 18.9. The molecule has 144 valence electrons. The van der Waals surface area contributed by atoms with Crippen LogP contribution in [-0.4, -0.2) is 49.2 Å². The topological polar surface area (TPSA) is 57.7 Å². The van der Waals surface area contributed by atoms with E-state index < -0.39 is 10.0 Å². The van der Waals surface area contributed by atoms with Gasteiger partial charge in [0.2, 0.25) is 10.0 Å². The first kappa shape index (κ1) is 19.6. The molecule has 2 atom stereocenters. The number of likely N-dealkylation sites (tertiary alicyclic amines) is 1. The minimum Gasteiger partial charge on any atom is -0.336 e. The van der Waals surface area contributed by atoms with E-state index in [1.54, 1.807) is 6.07 Å². The molecule has 2 saturated heterocycles. The normalized spacial score (nSPS) is 25.3. The number of hydrogen-bond acceptors (Lipinski definition) is 3. The van der Waals surface area contributed by atoms with Gasteiger partial charge in [0.25, 0.3) is 5.91 Å². The maximum Gasteiger partial charge on any atom is 0.254 e. The number of sulfonamides is 1. The average Bonchev–Trinajstić information content (AvgIpc) is 2.62. The Bertz CT molecular complexity index is 781. The van der Waals surface area contributed by atoms with Crippen molar-refractivity contribution in [3.63, 3.8) is 0 Å². The first-order valence-corrected chi connectivity index (χ1v) is 11.2. The smallest absolute Gasteiger partial charge is 0.254 e. The van der Waals surface area contributed by atoms with E-state index in [1.807, 2.05) is 11.8 Å². The second-order valence-corrected chi connectivity index (χ2v) is 9.91. The molecule has 1 aromatic carbocycles. The van der Waals surface area contributed by atoms with Gasteiger partial charge in [-0.25, -0.2) is 8.42 Å². The van der Waals surface area contributed by atoms with Gasteiger partial charge in [0.15, 0.2) is 0 Å². The molecule has 26 heavy (non-hydrogen) atoms. The Morgan fingerprint density at radius 1 is 1.12 bits per heavy atom. The summed E-state index contributed by atoms with van der Waals surface area (Å²) < 4.78 is 27.7. The molecule has 0 aromatic heterocycles. The summed E-state index contributed by atoms with van der Waals surface area (Å²) in [7, 11) is -3.70. The molecule has 0 aliphatic carbocycles. The van der Waals surface area contributed by atoms with Gasteiger partial charge in [-0.1, -0.05) is 18.5 Å². The second kappa shape index (κ2) is 7.87. The van der Waals surface area contributed by atoms with Crippen LogP contribution in [0.4, 0.5) is 0 Å². The molecule has 0 saturated carbocycles. The highest BCUT2D eigenvalue weighted by atomic mass is 35.5. The Balaban J connectivity index is 1.91. The van der Waals surface area contributed by atoms with Gasteiger partial charge < -0.3 is 4.90 Å². The van der Waals surface area contributed by atoms with Gasteiger partial charge in [-0.15, -0.1) is 0 Å². The number of carbonyl (C=O) groups is 1. The molecule has 0 spiro atoms. The molecule has 0 radical (unpaired) electrons. The van der Waals surface area contributed by atoms with E-state index in [-0.39, 0.29) is 21.9 Å². The van der Waals surface area contributed by atoms with E-state index in [1.165, 1.54) is 16.4 Å². The van der Waals surface area contributed by atoms with E-state index in [0.29, 0.717) is 31.1 Å². The molecule has 5 nitrogen and oxygen atoms in total. The number of halogens is 1. The lowest BCUT2D eigenvalue weighted by Gasteiger charge is -2.34. The minimum absolute atomic E-state index is 0.0452. The van der Waals surface area contributed by atoms with Crippen LogP contribution in [0, 0.1) is 5.92 Å². The number of hydrogen-bond donors (Lipinski definition) is 0. The average molecular weight is 399 g/mol. The Labute approximate surface area is 161 Å². The van der Waals surface area contributed by atoms with Crippen LogP contribution in [0.15, 0.2) is 23.1 Å². The Kier molecular flexibility index (Phi) is 5.94. The fourth-order valence-corrected chi connectivity index (χ4v) is 6.00. The van der Waals surface area contributed by atoms with E-state index in [0.717, 1.165) is 32.1 Å². The third-order valence-corrected chi connectivity index (χ3v) is 7.83. The van der Waals surface area contributed by atoms with Crippen molar-refractivity contribution in [3.8, 4) is 0 Å². The van der Waals surface area contributed by atoms with Crippen LogP contribution in [-0.2, 0) is 10.0 Å². The monoisotopic (exact) mass is 398 g/mol. The van der Waals surface area contributed by atoms with E-state index in [9.17, 15) is 13.2 Å². The van der Waals surface area contributed by atoms with Crippen LogP contribution >= 0.6 is 11.6 Å². The molecule has 1 amide bonds. The first-order valence-electron chi connectivity index (χ1n) is 9.41. The Hall–Kier alpha value is -1.11. The van der Waals surface area contributed by atoms with E-state index in [2.05, 4.69) is 6.92 Å². The van der Waals surface area contributed by atoms with Gasteiger partial charge in [-0.05, 0) is 63.1 Å². The van der Waals surface area contributed by atoms with Crippen LogP contribution in [0.1, 0.15) is 56.3 Å². The van der Waals surface area contributed by atoms with Crippen molar-refractivity contribution >= 4 is 27.5 Å². The molecule has 2 unspecified atom stereocenters. The van der Waals surface area contributed by atoms with Crippen LogP contribution < -0.4 is 0 Å². The number of benzene rings is 1. The summed E-state index contributed by atoms with van der Waals surface area (Å²) in [4.78, 5) is 14.8. The summed E-state index contributed by atoms with van der Waals surface area (Å²) in [5.41, 5.74) is 0.395. The predicted octanol–water partition coefficient (Wildman–Crippen LogP) is 3.78. The molecular formula is C19H27ClN2O3S. The zero-order valence-electron chi connectivity index (χ0n) is 15.4. The third kappa shape index (κ3) is 3.92. The fraction of sp³-hybridized carbons (Fsp3) is 0.632. The Morgan fingerprint density at radius 3 is 2.58 bits per heavy atom. The maximum absolute atomic E-state index is 13.1. The van der Waals surface area contributed by atoms with Gasteiger partial charge in [0, 0.05) is 31.2 Å². The lowest BCUT2D eigenvalue weighted by atomic mass is 10.0. The van der Waals surface area contributed by atoms with Crippen LogP contribution in [0.5, 0.6) is 0 Å². The number of carbonyl (C=O) groups excluding carboxylic acids is 1. The van der Waals surface area contributed by atoms with Gasteiger partial charge in [-0.3, -0.25) is 4.79 Å². The zero-order valence-corrected chi connectivity index (χ0v) is 17.0. The molecule has 2 aliphatic heterocycles. The van der Waals surface area contributed by atoms with Crippen LogP contribution in [0.3, 0.4) is 0 Å². The number of nitrogens with zero attached hydrogens (tertiary/aromatic N) is 2. The van der Waals surface area contributed by atoms with E-state index >= 15 is 0 Å². The summed E-state index contributed by atoms with van der Waals surface area (Å²) in [6.45, 7) is 5.82. The lowest BCUT2D eigenvalue weighted by molar-refractivity contribution is 0.0635. The number of piperidine rings is 2. The maximum atomic E-state index is 13.1. The van der Waals surface area contributed by atoms with E-state index in [4.69, 9.17) is 11.6 Å². The molecule has 2 heterocycles. The highest BCUT2D eigenvalue weighted by Crippen LogP contribution is 2.30. The Morgan fingerprint density at radius 2 is 1.88 bits per heavy atom. The fourth-order valence-electron chi connectivity index (χ4n) is 3.90. The summed E-state index contributed by atoms with van der Waals surface area (Å²) >= 11 is 6.22. The third-order valence-electron chi connectivity index (χ3n) is 5.48. The molecule has 3 rings (SSSR count). The molecule has 7 heteroatoms. The summed E-state index contributed by atoms with van der Waals surface area (Å²) in [5, 5.41) is 0.173. The molecular weight excluding hydrogens is 372 g/mol. The van der Waals surface area contributed by atoms with Crippen molar-refractivity contribution in [1.82, 2.24) is 9.21 Å². The van der Waals surface area contributed by atoms with Crippen molar-refractivity contribution in [1.29, 1.82) is 0 Å². The molecule has 0 bridgehead atoms. The number of rotatable bonds is 3. The summed E-state index contributed by atoms with van der Waals surface area (Å²) in [6, 6.07) is 4.80. The highest BCUT2D eigenvalue weighted by Gasteiger charge is 2.32. The van der Waals surface area contributed by atoms with Crippen molar-refractivity contribution in [3.05, 3.63) is 28.8 Å². The highest BCUT2D eigenvalue weighted by molar-refractivity contribution is 7.89. The molecule has 0 N–H and O–H groups in total. The first-order chi connectivity index (χ1) is 12.3. The van der Waals surface area contributed by atoms with Crippen molar-refractivity contribution in [2.75, 3.05) is 19.6 Å². The summed E-state index contributed by atoms with van der Waals surface area (Å²) in [6.07, 6.45) is 4.97. The summed E-state index contributed by atoms with van der Waals surface area (Å²) in [5.74, 6) is 0.216. The van der Waals surface area contributed by atoms with Crippen LogP contribution in [0.25, 0.3) is 0 Å². The molecule has 2 aliphatic rings. The van der Waals surface area contributed by atoms with Gasteiger partial charge in [-0.2, -0.15) is 4.31 Å².